The smallest absolute Gasteiger partial charge is 0.253 e. The number of amides is 2. The summed E-state index contributed by atoms with van der Waals surface area (Å²) in [6.07, 6.45) is 0.537. The fourth-order valence-electron chi connectivity index (χ4n) is 3.66. The Morgan fingerprint density at radius 3 is 2.62 bits per heavy atom. The average molecular weight is 481 g/mol. The number of nitrogens with one attached hydrogen (secondary N) is 1. The lowest BCUT2D eigenvalue weighted by Crippen LogP contribution is -2.37. The second kappa shape index (κ2) is 11.2. The molecule has 9 heteroatoms. The van der Waals surface area contributed by atoms with Crippen LogP contribution in [0.5, 0.6) is 5.75 Å². The Labute approximate surface area is 203 Å². The minimum absolute atomic E-state index is 0.0426. The molecule has 4 rings (SSSR count). The molecule has 0 radical (unpaired) electrons. The van der Waals surface area contributed by atoms with Gasteiger partial charge in [0.25, 0.3) is 5.91 Å². The van der Waals surface area contributed by atoms with Crippen molar-refractivity contribution in [1.82, 2.24) is 15.0 Å². The Morgan fingerprint density at radius 1 is 1.15 bits per heavy atom. The number of carbonyl (C=O) groups excluding carboxylic acids is 2. The first-order valence-corrected chi connectivity index (χ1v) is 12.5. The quantitative estimate of drug-likeness (QED) is 0.516. The Morgan fingerprint density at radius 2 is 1.91 bits per heavy atom. The van der Waals surface area contributed by atoms with Gasteiger partial charge in [-0.15, -0.1) is 0 Å². The van der Waals surface area contributed by atoms with Crippen molar-refractivity contribution < 1.29 is 18.8 Å². The number of anilines is 1. The number of benzene rings is 2. The van der Waals surface area contributed by atoms with Gasteiger partial charge in [0.2, 0.25) is 17.6 Å². The van der Waals surface area contributed by atoms with Gasteiger partial charge < -0.3 is 19.5 Å². The molecular weight excluding hydrogens is 452 g/mol. The third-order valence-electron chi connectivity index (χ3n) is 5.50. The first kappa shape index (κ1) is 23.8. The van der Waals surface area contributed by atoms with E-state index < -0.39 is 0 Å². The Kier molecular flexibility index (Phi) is 7.84. The van der Waals surface area contributed by atoms with Crippen LogP contribution in [0.4, 0.5) is 5.69 Å². The molecule has 0 atom stereocenters. The molecule has 2 heterocycles. The minimum atomic E-state index is -0.156. The van der Waals surface area contributed by atoms with E-state index in [4.69, 9.17) is 9.26 Å². The Balaban J connectivity index is 1.30. The molecule has 1 saturated heterocycles. The van der Waals surface area contributed by atoms with Crippen molar-refractivity contribution in [2.24, 2.45) is 0 Å². The highest BCUT2D eigenvalue weighted by molar-refractivity contribution is 7.99. The first-order chi connectivity index (χ1) is 16.5. The summed E-state index contributed by atoms with van der Waals surface area (Å²) in [5.41, 5.74) is 3.00. The zero-order valence-corrected chi connectivity index (χ0v) is 20.2. The van der Waals surface area contributed by atoms with E-state index in [2.05, 4.69) is 15.5 Å². The SMILES string of the molecule is CCOc1ccc(-c2noc(CCC(=O)Nc3ccc(C(=O)N4CCSCC4)cc3C)n2)cc1. The van der Waals surface area contributed by atoms with Crippen LogP contribution in [0.3, 0.4) is 0 Å². The van der Waals surface area contributed by atoms with Gasteiger partial charge in [-0.2, -0.15) is 16.7 Å². The summed E-state index contributed by atoms with van der Waals surface area (Å²) in [4.78, 5) is 31.5. The van der Waals surface area contributed by atoms with Crippen LogP contribution in [-0.4, -0.2) is 58.1 Å². The van der Waals surface area contributed by atoms with E-state index in [0.717, 1.165) is 41.5 Å². The van der Waals surface area contributed by atoms with Gasteiger partial charge in [-0.3, -0.25) is 9.59 Å². The van der Waals surface area contributed by atoms with Gasteiger partial charge in [-0.25, -0.2) is 0 Å². The first-order valence-electron chi connectivity index (χ1n) is 11.4. The Hall–Kier alpha value is -3.33. The van der Waals surface area contributed by atoms with Crippen molar-refractivity contribution in [3.63, 3.8) is 0 Å². The zero-order valence-electron chi connectivity index (χ0n) is 19.4. The van der Waals surface area contributed by atoms with Gasteiger partial charge in [0.05, 0.1) is 6.61 Å². The van der Waals surface area contributed by atoms with Crippen LogP contribution in [0.15, 0.2) is 47.0 Å². The molecule has 2 aromatic carbocycles. The number of thioether (sulfide) groups is 1. The van der Waals surface area contributed by atoms with Gasteiger partial charge in [-0.1, -0.05) is 5.16 Å². The maximum atomic E-state index is 12.7. The molecule has 8 nitrogen and oxygen atoms in total. The second-order valence-corrected chi connectivity index (χ2v) is 9.18. The number of aromatic nitrogens is 2. The molecule has 0 bridgehead atoms. The van der Waals surface area contributed by atoms with Crippen LogP contribution in [0.1, 0.15) is 35.2 Å². The highest BCUT2D eigenvalue weighted by Gasteiger charge is 2.19. The average Bonchev–Trinajstić information content (AvgIpc) is 3.34. The Bertz CT molecular complexity index is 1140. The highest BCUT2D eigenvalue weighted by atomic mass is 32.2. The molecule has 1 N–H and O–H groups in total. The minimum Gasteiger partial charge on any atom is -0.494 e. The molecule has 34 heavy (non-hydrogen) atoms. The highest BCUT2D eigenvalue weighted by Crippen LogP contribution is 2.22. The van der Waals surface area contributed by atoms with Crippen molar-refractivity contribution in [2.75, 3.05) is 36.5 Å². The molecule has 1 aliphatic heterocycles. The molecule has 178 valence electrons. The normalized spacial score (nSPS) is 13.5. The molecule has 3 aromatic rings. The zero-order chi connectivity index (χ0) is 23.9. The summed E-state index contributed by atoms with van der Waals surface area (Å²) < 4.78 is 10.7. The monoisotopic (exact) mass is 480 g/mol. The fourth-order valence-corrected chi connectivity index (χ4v) is 4.56. The molecule has 0 unspecified atom stereocenters. The summed E-state index contributed by atoms with van der Waals surface area (Å²) in [6.45, 7) is 5.98. The van der Waals surface area contributed by atoms with Crippen molar-refractivity contribution in [3.05, 3.63) is 59.5 Å². The third-order valence-corrected chi connectivity index (χ3v) is 6.45. The lowest BCUT2D eigenvalue weighted by Gasteiger charge is -2.26. The summed E-state index contributed by atoms with van der Waals surface area (Å²) in [7, 11) is 0. The molecule has 0 spiro atoms. The topological polar surface area (TPSA) is 97.6 Å². The molecule has 1 fully saturated rings. The van der Waals surface area contributed by atoms with Gasteiger partial charge in [0.15, 0.2) is 0 Å². The van der Waals surface area contributed by atoms with Crippen molar-refractivity contribution in [2.45, 2.75) is 26.7 Å². The van der Waals surface area contributed by atoms with E-state index >= 15 is 0 Å². The number of aryl methyl sites for hydroxylation is 2. The van der Waals surface area contributed by atoms with E-state index in [-0.39, 0.29) is 18.2 Å². The van der Waals surface area contributed by atoms with Crippen molar-refractivity contribution >= 4 is 29.3 Å². The number of hydrogen-bond acceptors (Lipinski definition) is 7. The maximum absolute atomic E-state index is 12.7. The summed E-state index contributed by atoms with van der Waals surface area (Å²) in [5, 5.41) is 6.92. The summed E-state index contributed by atoms with van der Waals surface area (Å²) >= 11 is 1.87. The standard InChI is InChI=1S/C25H28N4O4S/c1-3-32-20-7-4-18(5-8-20)24-27-23(33-28-24)11-10-22(30)26-21-9-6-19(16-17(21)2)25(31)29-12-14-34-15-13-29/h4-9,16H,3,10-15H2,1-2H3,(H,26,30). The molecule has 0 aliphatic carbocycles. The number of rotatable bonds is 8. The predicted octanol–water partition coefficient (Wildman–Crippen LogP) is 4.20. The number of nitrogens with zero attached hydrogens (tertiary/aromatic N) is 3. The van der Waals surface area contributed by atoms with Crippen molar-refractivity contribution in [3.8, 4) is 17.1 Å². The van der Waals surface area contributed by atoms with Crippen LogP contribution in [-0.2, 0) is 11.2 Å². The van der Waals surface area contributed by atoms with E-state index in [1.54, 1.807) is 12.1 Å². The second-order valence-electron chi connectivity index (χ2n) is 7.95. The molecule has 0 saturated carbocycles. The molecule has 2 amide bonds. The summed E-state index contributed by atoms with van der Waals surface area (Å²) in [5.74, 6) is 3.49. The molecule has 1 aliphatic rings. The molecule has 1 aromatic heterocycles. The molecular formula is C25H28N4O4S. The van der Waals surface area contributed by atoms with Gasteiger partial charge >= 0.3 is 0 Å². The third kappa shape index (κ3) is 5.96. The van der Waals surface area contributed by atoms with Crippen LogP contribution in [0, 0.1) is 6.92 Å². The van der Waals surface area contributed by atoms with Crippen LogP contribution >= 0.6 is 11.8 Å². The lowest BCUT2D eigenvalue weighted by molar-refractivity contribution is -0.116. The number of ether oxygens (including phenoxy) is 1. The van der Waals surface area contributed by atoms with E-state index in [9.17, 15) is 9.59 Å². The fraction of sp³-hybridized carbons (Fsp3) is 0.360. The number of hydrogen-bond donors (Lipinski definition) is 1. The van der Waals surface area contributed by atoms with Crippen LogP contribution in [0.2, 0.25) is 0 Å². The predicted molar refractivity (Wildman–Crippen MR) is 132 cm³/mol. The van der Waals surface area contributed by atoms with E-state index in [0.29, 0.717) is 36.0 Å². The maximum Gasteiger partial charge on any atom is 0.253 e. The van der Waals surface area contributed by atoms with E-state index in [1.165, 1.54) is 0 Å². The largest absolute Gasteiger partial charge is 0.494 e. The number of carbonyl (C=O) groups is 2. The van der Waals surface area contributed by atoms with Gasteiger partial charge in [0, 0.05) is 54.3 Å². The van der Waals surface area contributed by atoms with Crippen LogP contribution < -0.4 is 10.1 Å². The van der Waals surface area contributed by atoms with Gasteiger partial charge in [-0.05, 0) is 61.9 Å². The van der Waals surface area contributed by atoms with Crippen LogP contribution in [0.25, 0.3) is 11.4 Å². The van der Waals surface area contributed by atoms with Crippen molar-refractivity contribution in [1.29, 1.82) is 0 Å². The van der Waals surface area contributed by atoms with E-state index in [1.807, 2.05) is 60.8 Å². The lowest BCUT2D eigenvalue weighted by atomic mass is 10.1. The van der Waals surface area contributed by atoms with Gasteiger partial charge in [0.1, 0.15) is 5.75 Å². The summed E-state index contributed by atoms with van der Waals surface area (Å²) in [6, 6.07) is 12.8.